The van der Waals surface area contributed by atoms with Crippen molar-refractivity contribution in [2.45, 2.75) is 26.3 Å². The van der Waals surface area contributed by atoms with Gasteiger partial charge in [-0.2, -0.15) is 0 Å². The molecule has 1 saturated heterocycles. The van der Waals surface area contributed by atoms with Gasteiger partial charge in [0.2, 0.25) is 0 Å². The molecule has 0 radical (unpaired) electrons. The zero-order valence-electron chi connectivity index (χ0n) is 10.7. The molecular formula is C13H19N3O. The maximum absolute atomic E-state index is 12.5. The van der Waals surface area contributed by atoms with Gasteiger partial charge in [-0.25, -0.2) is 0 Å². The molecule has 92 valence electrons. The Labute approximate surface area is 102 Å². The molecule has 1 aliphatic heterocycles. The second-order valence-corrected chi connectivity index (χ2v) is 5.08. The molecule has 0 spiro atoms. The fourth-order valence-corrected chi connectivity index (χ4v) is 2.22. The summed E-state index contributed by atoms with van der Waals surface area (Å²) in [5.41, 5.74) is 1.37. The summed E-state index contributed by atoms with van der Waals surface area (Å²) in [5, 5.41) is 3.32. The predicted molar refractivity (Wildman–Crippen MR) is 67.0 cm³/mol. The van der Waals surface area contributed by atoms with E-state index in [2.05, 4.69) is 24.1 Å². The maximum atomic E-state index is 12.5. The van der Waals surface area contributed by atoms with Crippen LogP contribution in [-0.4, -0.2) is 41.0 Å². The van der Waals surface area contributed by atoms with Crippen LogP contribution in [0.25, 0.3) is 0 Å². The lowest BCUT2D eigenvalue weighted by molar-refractivity contribution is 0.0476. The Hall–Kier alpha value is -1.42. The van der Waals surface area contributed by atoms with Gasteiger partial charge in [0.25, 0.3) is 5.91 Å². The summed E-state index contributed by atoms with van der Waals surface area (Å²) in [4.78, 5) is 18.6. The van der Waals surface area contributed by atoms with Crippen molar-refractivity contribution in [3.8, 4) is 0 Å². The van der Waals surface area contributed by atoms with Gasteiger partial charge in [-0.3, -0.25) is 9.78 Å². The summed E-state index contributed by atoms with van der Waals surface area (Å²) >= 11 is 0. The van der Waals surface area contributed by atoms with E-state index in [-0.39, 0.29) is 11.4 Å². The average molecular weight is 233 g/mol. The Morgan fingerprint density at radius 1 is 1.53 bits per heavy atom. The molecule has 0 atom stereocenters. The molecule has 4 nitrogen and oxygen atoms in total. The second-order valence-electron chi connectivity index (χ2n) is 5.08. The fraction of sp³-hybridized carbons (Fsp3) is 0.538. The predicted octanol–water partition coefficient (Wildman–Crippen LogP) is 1.21. The van der Waals surface area contributed by atoms with E-state index < -0.39 is 0 Å². The molecule has 0 aromatic carbocycles. The van der Waals surface area contributed by atoms with Crippen molar-refractivity contribution in [3.05, 3.63) is 29.6 Å². The van der Waals surface area contributed by atoms with E-state index in [0.29, 0.717) is 5.56 Å². The monoisotopic (exact) mass is 233 g/mol. The van der Waals surface area contributed by atoms with Crippen LogP contribution in [0.5, 0.6) is 0 Å². The first-order valence-corrected chi connectivity index (χ1v) is 5.97. The number of nitrogens with zero attached hydrogens (tertiary/aromatic N) is 2. The molecule has 0 aliphatic carbocycles. The lowest BCUT2D eigenvalue weighted by atomic mass is 9.98. The van der Waals surface area contributed by atoms with E-state index in [0.717, 1.165) is 25.3 Å². The normalized spacial score (nSPS) is 19.1. The van der Waals surface area contributed by atoms with Gasteiger partial charge >= 0.3 is 0 Å². The van der Waals surface area contributed by atoms with Gasteiger partial charge in [0.05, 0.1) is 11.1 Å². The van der Waals surface area contributed by atoms with Gasteiger partial charge in [-0.1, -0.05) is 0 Å². The first kappa shape index (κ1) is 12.0. The van der Waals surface area contributed by atoms with Crippen molar-refractivity contribution in [1.82, 2.24) is 15.2 Å². The molecule has 2 rings (SSSR count). The second kappa shape index (κ2) is 4.45. The van der Waals surface area contributed by atoms with E-state index in [1.807, 2.05) is 24.0 Å². The molecule has 1 amide bonds. The number of hydrogen-bond donors (Lipinski definition) is 1. The zero-order chi connectivity index (χ0) is 12.5. The Morgan fingerprint density at radius 2 is 2.29 bits per heavy atom. The fourth-order valence-electron chi connectivity index (χ4n) is 2.22. The molecule has 0 saturated carbocycles. The first-order chi connectivity index (χ1) is 8.02. The van der Waals surface area contributed by atoms with Crippen LogP contribution in [0, 0.1) is 6.92 Å². The molecule has 1 aromatic heterocycles. The van der Waals surface area contributed by atoms with E-state index >= 15 is 0 Å². The van der Waals surface area contributed by atoms with Crippen molar-refractivity contribution in [3.63, 3.8) is 0 Å². The van der Waals surface area contributed by atoms with E-state index in [1.165, 1.54) is 0 Å². The quantitative estimate of drug-likeness (QED) is 0.793. The highest BCUT2D eigenvalue weighted by Crippen LogP contribution is 2.20. The van der Waals surface area contributed by atoms with Gasteiger partial charge < -0.3 is 10.2 Å². The number of rotatable bonds is 1. The summed E-state index contributed by atoms with van der Waals surface area (Å²) in [5.74, 6) is 0.0853. The maximum Gasteiger partial charge on any atom is 0.256 e. The largest absolute Gasteiger partial charge is 0.331 e. The van der Waals surface area contributed by atoms with Gasteiger partial charge in [0, 0.05) is 31.5 Å². The van der Waals surface area contributed by atoms with E-state index in [1.54, 1.807) is 6.20 Å². The lowest BCUT2D eigenvalue weighted by Crippen LogP contribution is -2.59. The summed E-state index contributed by atoms with van der Waals surface area (Å²) < 4.78 is 0. The summed E-state index contributed by atoms with van der Waals surface area (Å²) in [6, 6.07) is 3.66. The lowest BCUT2D eigenvalue weighted by Gasteiger charge is -2.43. The topological polar surface area (TPSA) is 45.2 Å². The Morgan fingerprint density at radius 3 is 2.94 bits per heavy atom. The highest BCUT2D eigenvalue weighted by molar-refractivity contribution is 5.95. The number of carbonyl (C=O) groups is 1. The Kier molecular flexibility index (Phi) is 3.15. The molecule has 0 unspecified atom stereocenters. The van der Waals surface area contributed by atoms with Crippen molar-refractivity contribution < 1.29 is 4.79 Å². The van der Waals surface area contributed by atoms with Crippen molar-refractivity contribution in [2.75, 3.05) is 19.6 Å². The number of nitrogens with one attached hydrogen (secondary N) is 1. The minimum Gasteiger partial charge on any atom is -0.331 e. The smallest absolute Gasteiger partial charge is 0.256 e. The van der Waals surface area contributed by atoms with Gasteiger partial charge in [-0.05, 0) is 32.9 Å². The van der Waals surface area contributed by atoms with Crippen LogP contribution >= 0.6 is 0 Å². The highest BCUT2D eigenvalue weighted by Gasteiger charge is 2.34. The minimum atomic E-state index is -0.141. The number of piperazine rings is 1. The van der Waals surface area contributed by atoms with Crippen molar-refractivity contribution >= 4 is 5.91 Å². The van der Waals surface area contributed by atoms with Gasteiger partial charge in [-0.15, -0.1) is 0 Å². The van der Waals surface area contributed by atoms with Crippen LogP contribution in [0.2, 0.25) is 0 Å². The highest BCUT2D eigenvalue weighted by atomic mass is 16.2. The summed E-state index contributed by atoms with van der Waals surface area (Å²) in [7, 11) is 0. The van der Waals surface area contributed by atoms with Crippen molar-refractivity contribution in [1.29, 1.82) is 0 Å². The molecule has 1 aromatic rings. The summed E-state index contributed by atoms with van der Waals surface area (Å²) in [6.45, 7) is 8.49. The van der Waals surface area contributed by atoms with Crippen LogP contribution in [0.4, 0.5) is 0 Å². The summed E-state index contributed by atoms with van der Waals surface area (Å²) in [6.07, 6.45) is 1.72. The molecule has 2 heterocycles. The van der Waals surface area contributed by atoms with Gasteiger partial charge in [0.15, 0.2) is 0 Å². The van der Waals surface area contributed by atoms with Crippen LogP contribution in [0.15, 0.2) is 18.3 Å². The number of aromatic nitrogens is 1. The minimum absolute atomic E-state index is 0.0853. The van der Waals surface area contributed by atoms with Crippen LogP contribution in [0.3, 0.4) is 0 Å². The third-order valence-electron chi connectivity index (χ3n) is 3.28. The number of pyridine rings is 1. The SMILES string of the molecule is Cc1ncccc1C(=O)N1CCNCC1(C)C. The average Bonchev–Trinajstić information content (AvgIpc) is 2.28. The Bertz CT molecular complexity index is 428. The number of hydrogen-bond acceptors (Lipinski definition) is 3. The van der Waals surface area contributed by atoms with Crippen molar-refractivity contribution in [2.24, 2.45) is 0 Å². The third-order valence-corrected chi connectivity index (χ3v) is 3.28. The Balaban J connectivity index is 2.28. The third kappa shape index (κ3) is 2.31. The zero-order valence-corrected chi connectivity index (χ0v) is 10.7. The number of amides is 1. The van der Waals surface area contributed by atoms with E-state index in [9.17, 15) is 4.79 Å². The van der Waals surface area contributed by atoms with E-state index in [4.69, 9.17) is 0 Å². The van der Waals surface area contributed by atoms with Crippen LogP contribution in [-0.2, 0) is 0 Å². The molecule has 1 aliphatic rings. The molecule has 0 bridgehead atoms. The molecule has 17 heavy (non-hydrogen) atoms. The first-order valence-electron chi connectivity index (χ1n) is 5.97. The van der Waals surface area contributed by atoms with Crippen LogP contribution < -0.4 is 5.32 Å². The number of carbonyl (C=O) groups excluding carboxylic acids is 1. The molecular weight excluding hydrogens is 214 g/mol. The van der Waals surface area contributed by atoms with Crippen LogP contribution in [0.1, 0.15) is 29.9 Å². The molecule has 4 heteroatoms. The molecule has 1 fully saturated rings. The van der Waals surface area contributed by atoms with Gasteiger partial charge in [0.1, 0.15) is 0 Å². The standard InChI is InChI=1S/C13H19N3O/c1-10-11(5-4-6-15-10)12(17)16-8-7-14-9-13(16,2)3/h4-6,14H,7-9H2,1-3H3. The molecule has 1 N–H and O–H groups in total. The number of aryl methyl sites for hydroxylation is 1.